The fourth-order valence-corrected chi connectivity index (χ4v) is 4.36. The van der Waals surface area contributed by atoms with Crippen molar-refractivity contribution in [3.63, 3.8) is 0 Å². The average molecular weight is 379 g/mol. The van der Waals surface area contributed by atoms with E-state index in [9.17, 15) is 23.4 Å². The molecule has 0 amide bonds. The molecule has 0 spiro atoms. The van der Waals surface area contributed by atoms with Crippen LogP contribution in [-0.4, -0.2) is 20.8 Å². The predicted molar refractivity (Wildman–Crippen MR) is 87.2 cm³/mol. The number of hydrogen-bond donors (Lipinski definition) is 3. The van der Waals surface area contributed by atoms with Crippen molar-refractivity contribution in [1.29, 1.82) is 5.26 Å². The van der Waals surface area contributed by atoms with Crippen molar-refractivity contribution in [3.05, 3.63) is 40.5 Å². The van der Waals surface area contributed by atoms with Gasteiger partial charge in [0.1, 0.15) is 5.60 Å². The molecule has 2 aliphatic rings. The minimum atomic E-state index is -4.76. The molecule has 2 aromatic rings. The van der Waals surface area contributed by atoms with Crippen molar-refractivity contribution >= 4 is 0 Å². The van der Waals surface area contributed by atoms with E-state index in [1.165, 1.54) is 12.1 Å². The number of halogens is 3. The van der Waals surface area contributed by atoms with E-state index >= 15 is 0 Å². The smallest absolute Gasteiger partial charge is 0.417 e. The second-order valence-electron chi connectivity index (χ2n) is 7.32. The summed E-state index contributed by atoms with van der Waals surface area (Å²) in [6.45, 7) is 3.39. The van der Waals surface area contributed by atoms with Crippen LogP contribution in [0.1, 0.15) is 42.5 Å². The highest BCUT2D eigenvalue weighted by Gasteiger charge is 2.63. The Hall–Kier alpha value is -2.70. The van der Waals surface area contributed by atoms with Gasteiger partial charge in [0.2, 0.25) is 11.8 Å². The van der Waals surface area contributed by atoms with Crippen LogP contribution >= 0.6 is 0 Å². The third-order valence-electron chi connectivity index (χ3n) is 5.59. The molecular formula is C18H16F3N3O3. The molecule has 1 aromatic carbocycles. The van der Waals surface area contributed by atoms with Gasteiger partial charge in [-0.3, -0.25) is 4.57 Å². The molecule has 1 aromatic heterocycles. The molecule has 0 aliphatic carbocycles. The van der Waals surface area contributed by atoms with Crippen molar-refractivity contribution in [2.24, 2.45) is 5.73 Å². The normalized spacial score (nSPS) is 29.0. The van der Waals surface area contributed by atoms with E-state index in [1.807, 2.05) is 0 Å². The van der Waals surface area contributed by atoms with Gasteiger partial charge in [-0.05, 0) is 38.5 Å². The van der Waals surface area contributed by atoms with E-state index in [0.717, 1.165) is 16.7 Å². The Morgan fingerprint density at radius 3 is 2.48 bits per heavy atom. The Labute approximate surface area is 152 Å². The van der Waals surface area contributed by atoms with Gasteiger partial charge < -0.3 is 20.7 Å². The number of alkyl halides is 3. The number of hydrogen-bond acceptors (Lipinski definition) is 5. The van der Waals surface area contributed by atoms with Crippen LogP contribution in [0.2, 0.25) is 0 Å². The SMILES string of the molecule is C[C@]12C[C@@H](N)[C@](C)(O1)c1c2c(O)n(-c2ccc(C#N)c(C(F)(F)F)c2)c1O. The molecule has 3 atom stereocenters. The van der Waals surface area contributed by atoms with Gasteiger partial charge in [0, 0.05) is 6.04 Å². The fraction of sp³-hybridized carbons (Fsp3) is 0.389. The molecule has 9 heteroatoms. The lowest BCUT2D eigenvalue weighted by Gasteiger charge is -2.26. The minimum Gasteiger partial charge on any atom is -0.494 e. The van der Waals surface area contributed by atoms with Gasteiger partial charge in [-0.25, -0.2) is 0 Å². The summed E-state index contributed by atoms with van der Waals surface area (Å²) in [6, 6.07) is 4.02. The first-order valence-corrected chi connectivity index (χ1v) is 8.19. The van der Waals surface area contributed by atoms with Gasteiger partial charge in [0.25, 0.3) is 0 Å². The molecule has 142 valence electrons. The summed E-state index contributed by atoms with van der Waals surface area (Å²) in [4.78, 5) is 0. The molecule has 3 heterocycles. The molecule has 0 saturated carbocycles. The van der Waals surface area contributed by atoms with Crippen molar-refractivity contribution in [2.75, 3.05) is 0 Å². The van der Waals surface area contributed by atoms with Crippen LogP contribution in [0.5, 0.6) is 11.8 Å². The highest BCUT2D eigenvalue weighted by molar-refractivity contribution is 5.62. The van der Waals surface area contributed by atoms with Crippen molar-refractivity contribution in [3.8, 4) is 23.5 Å². The zero-order valence-corrected chi connectivity index (χ0v) is 14.4. The molecule has 4 N–H and O–H groups in total. The van der Waals surface area contributed by atoms with Crippen molar-refractivity contribution < 1.29 is 28.1 Å². The summed E-state index contributed by atoms with van der Waals surface area (Å²) in [5.41, 5.74) is 2.90. The third-order valence-corrected chi connectivity index (χ3v) is 5.59. The Balaban J connectivity index is 1.98. The monoisotopic (exact) mass is 379 g/mol. The second kappa shape index (κ2) is 4.97. The summed E-state index contributed by atoms with van der Waals surface area (Å²) < 4.78 is 46.7. The highest BCUT2D eigenvalue weighted by Crippen LogP contribution is 2.63. The Kier molecular flexibility index (Phi) is 3.26. The number of nitriles is 1. The van der Waals surface area contributed by atoms with Crippen LogP contribution in [-0.2, 0) is 22.1 Å². The first kappa shape index (κ1) is 17.7. The lowest BCUT2D eigenvalue weighted by molar-refractivity contribution is -0.137. The standard InChI is InChI=1S/C18H16F3N3O3/c1-16-6-11(23)17(2,27-16)13-12(16)14(25)24(15(13)26)9-4-3-8(7-22)10(5-9)18(19,20)21/h3-5,11,25-26H,6,23H2,1-2H3/t11-,16-,17+/m1/s1. The van der Waals surface area contributed by atoms with Crippen LogP contribution in [0.15, 0.2) is 18.2 Å². The van der Waals surface area contributed by atoms with Gasteiger partial charge in [0.05, 0.1) is 39.6 Å². The Morgan fingerprint density at radius 2 is 1.89 bits per heavy atom. The molecule has 27 heavy (non-hydrogen) atoms. The van der Waals surface area contributed by atoms with Crippen LogP contribution in [0.25, 0.3) is 5.69 Å². The lowest BCUT2D eigenvalue weighted by atomic mass is 9.77. The van der Waals surface area contributed by atoms with Gasteiger partial charge in [-0.1, -0.05) is 0 Å². The van der Waals surface area contributed by atoms with E-state index in [0.29, 0.717) is 12.0 Å². The van der Waals surface area contributed by atoms with E-state index in [-0.39, 0.29) is 11.3 Å². The first-order chi connectivity index (χ1) is 12.4. The minimum absolute atomic E-state index is 0.120. The number of aromatic nitrogens is 1. The number of aromatic hydroxyl groups is 2. The number of ether oxygens (including phenoxy) is 1. The maximum atomic E-state index is 13.3. The highest BCUT2D eigenvalue weighted by atomic mass is 19.4. The number of nitrogens with zero attached hydrogens (tertiary/aromatic N) is 2. The number of nitrogens with two attached hydrogens (primary N) is 1. The molecule has 6 nitrogen and oxygen atoms in total. The maximum absolute atomic E-state index is 13.3. The van der Waals surface area contributed by atoms with Crippen molar-refractivity contribution in [1.82, 2.24) is 4.57 Å². The van der Waals surface area contributed by atoms with Gasteiger partial charge in [-0.15, -0.1) is 0 Å². The average Bonchev–Trinajstić information content (AvgIpc) is 3.07. The molecule has 1 saturated heterocycles. The number of benzene rings is 1. The predicted octanol–water partition coefficient (Wildman–Crippen LogP) is 2.97. The second-order valence-corrected chi connectivity index (χ2v) is 7.32. The number of fused-ring (bicyclic) bond motifs is 5. The van der Waals surface area contributed by atoms with E-state index in [4.69, 9.17) is 15.7 Å². The van der Waals surface area contributed by atoms with E-state index < -0.39 is 46.3 Å². The summed E-state index contributed by atoms with van der Waals surface area (Å²) in [5.74, 6) is -0.833. The lowest BCUT2D eigenvalue weighted by Crippen LogP contribution is -2.40. The molecule has 2 bridgehead atoms. The van der Waals surface area contributed by atoms with E-state index in [1.54, 1.807) is 13.8 Å². The molecule has 2 aliphatic heterocycles. The zero-order chi connectivity index (χ0) is 19.9. The maximum Gasteiger partial charge on any atom is 0.417 e. The first-order valence-electron chi connectivity index (χ1n) is 8.19. The summed E-state index contributed by atoms with van der Waals surface area (Å²) >= 11 is 0. The molecule has 4 rings (SSSR count). The van der Waals surface area contributed by atoms with Gasteiger partial charge in [0.15, 0.2) is 0 Å². The quantitative estimate of drug-likeness (QED) is 0.707. The summed E-state index contributed by atoms with van der Waals surface area (Å²) in [7, 11) is 0. The third kappa shape index (κ3) is 2.08. The zero-order valence-electron chi connectivity index (χ0n) is 14.4. The van der Waals surface area contributed by atoms with Crippen LogP contribution in [0, 0.1) is 11.3 Å². The van der Waals surface area contributed by atoms with E-state index in [2.05, 4.69) is 0 Å². The molecule has 1 fully saturated rings. The number of rotatable bonds is 1. The molecule has 0 radical (unpaired) electrons. The van der Waals surface area contributed by atoms with Crippen LogP contribution in [0.4, 0.5) is 13.2 Å². The Morgan fingerprint density at radius 1 is 1.26 bits per heavy atom. The van der Waals surface area contributed by atoms with Gasteiger partial charge >= 0.3 is 6.18 Å². The molecule has 0 unspecified atom stereocenters. The van der Waals surface area contributed by atoms with Crippen LogP contribution in [0.3, 0.4) is 0 Å². The van der Waals surface area contributed by atoms with Gasteiger partial charge in [-0.2, -0.15) is 18.4 Å². The largest absolute Gasteiger partial charge is 0.494 e. The summed E-state index contributed by atoms with van der Waals surface area (Å²) in [5, 5.41) is 30.4. The van der Waals surface area contributed by atoms with Crippen LogP contribution < -0.4 is 5.73 Å². The fourth-order valence-electron chi connectivity index (χ4n) is 4.36. The topological polar surface area (TPSA) is 104 Å². The van der Waals surface area contributed by atoms with Crippen molar-refractivity contribution in [2.45, 2.75) is 43.7 Å². The summed E-state index contributed by atoms with van der Waals surface area (Å²) in [6.07, 6.45) is -4.36. The Bertz CT molecular complexity index is 1020. The molecular weight excluding hydrogens is 363 g/mol.